The van der Waals surface area contributed by atoms with Crippen molar-refractivity contribution in [2.45, 2.75) is 57.4 Å². The first-order chi connectivity index (χ1) is 12.0. The standard InChI is InChI=1S/C20H31N3O2S/c1-19(2,3)16-6-8-17(9-7-16)26(24,25)14-20(4,5)18(10-11-21)23-13-12-22-15-23/h6-9,12-13,15,18H,10-11,14,21H2,1-5H3. The molecule has 0 fully saturated rings. The molecular weight excluding hydrogens is 346 g/mol. The van der Waals surface area contributed by atoms with Crippen molar-refractivity contribution in [1.82, 2.24) is 9.55 Å². The topological polar surface area (TPSA) is 78.0 Å². The highest BCUT2D eigenvalue weighted by Crippen LogP contribution is 2.36. The molecule has 0 aliphatic rings. The maximum Gasteiger partial charge on any atom is 0.178 e. The molecule has 2 N–H and O–H groups in total. The zero-order chi connectivity index (χ0) is 19.6. The smallest absolute Gasteiger partial charge is 0.178 e. The first-order valence-electron chi connectivity index (χ1n) is 8.98. The third-order valence-corrected chi connectivity index (χ3v) is 6.98. The molecule has 6 heteroatoms. The molecule has 0 bridgehead atoms. The predicted octanol–water partition coefficient (Wildman–Crippen LogP) is 3.57. The van der Waals surface area contributed by atoms with Gasteiger partial charge in [0.2, 0.25) is 0 Å². The van der Waals surface area contributed by atoms with Crippen LogP contribution in [0.1, 0.15) is 52.6 Å². The predicted molar refractivity (Wildman–Crippen MR) is 106 cm³/mol. The van der Waals surface area contributed by atoms with Gasteiger partial charge in [-0.3, -0.25) is 0 Å². The Kier molecular flexibility index (Phi) is 5.98. The third kappa shape index (κ3) is 4.74. The summed E-state index contributed by atoms with van der Waals surface area (Å²) >= 11 is 0. The molecule has 0 saturated heterocycles. The number of sulfone groups is 1. The van der Waals surface area contributed by atoms with Gasteiger partial charge in [0.25, 0.3) is 0 Å². The highest BCUT2D eigenvalue weighted by molar-refractivity contribution is 7.91. The van der Waals surface area contributed by atoms with E-state index in [0.29, 0.717) is 17.9 Å². The highest BCUT2D eigenvalue weighted by atomic mass is 32.2. The van der Waals surface area contributed by atoms with Crippen LogP contribution in [0.3, 0.4) is 0 Å². The maximum absolute atomic E-state index is 13.0. The van der Waals surface area contributed by atoms with Gasteiger partial charge in [-0.15, -0.1) is 0 Å². The van der Waals surface area contributed by atoms with Gasteiger partial charge in [-0.1, -0.05) is 46.8 Å². The van der Waals surface area contributed by atoms with E-state index in [0.717, 1.165) is 5.56 Å². The number of rotatable bonds is 7. The minimum Gasteiger partial charge on any atom is -0.334 e. The molecule has 1 heterocycles. The van der Waals surface area contributed by atoms with E-state index in [1.54, 1.807) is 24.7 Å². The van der Waals surface area contributed by atoms with Gasteiger partial charge in [-0.05, 0) is 41.5 Å². The Bertz CT molecular complexity index is 802. The summed E-state index contributed by atoms with van der Waals surface area (Å²) in [6, 6.07) is 7.24. The molecule has 0 radical (unpaired) electrons. The van der Waals surface area contributed by atoms with Crippen molar-refractivity contribution in [2.24, 2.45) is 11.1 Å². The van der Waals surface area contributed by atoms with Gasteiger partial charge in [-0.2, -0.15) is 0 Å². The van der Waals surface area contributed by atoms with E-state index in [4.69, 9.17) is 5.73 Å². The summed E-state index contributed by atoms with van der Waals surface area (Å²) in [5.41, 5.74) is 6.41. The van der Waals surface area contributed by atoms with Crippen LogP contribution < -0.4 is 5.73 Å². The molecule has 2 aromatic rings. The molecule has 0 amide bonds. The van der Waals surface area contributed by atoms with Crippen molar-refractivity contribution in [1.29, 1.82) is 0 Å². The molecule has 0 aliphatic carbocycles. The number of imidazole rings is 1. The van der Waals surface area contributed by atoms with Gasteiger partial charge in [0, 0.05) is 18.4 Å². The second-order valence-corrected chi connectivity index (χ2v) is 10.6. The second kappa shape index (κ2) is 7.53. The van der Waals surface area contributed by atoms with Gasteiger partial charge in [0.1, 0.15) is 0 Å². The lowest BCUT2D eigenvalue weighted by atomic mass is 9.84. The molecule has 5 nitrogen and oxygen atoms in total. The lowest BCUT2D eigenvalue weighted by molar-refractivity contribution is 0.233. The number of benzene rings is 1. The Hall–Kier alpha value is -1.66. The molecule has 2 rings (SSSR count). The quantitative estimate of drug-likeness (QED) is 0.800. The van der Waals surface area contributed by atoms with Gasteiger partial charge < -0.3 is 10.3 Å². The SMILES string of the molecule is CC(C)(C)c1ccc(S(=O)(=O)CC(C)(C)C(CCN)n2ccnc2)cc1. The number of nitrogens with zero attached hydrogens (tertiary/aromatic N) is 2. The summed E-state index contributed by atoms with van der Waals surface area (Å²) in [6.07, 6.45) is 6.00. The van der Waals surface area contributed by atoms with Crippen molar-refractivity contribution >= 4 is 9.84 Å². The van der Waals surface area contributed by atoms with Crippen molar-refractivity contribution in [2.75, 3.05) is 12.3 Å². The fourth-order valence-electron chi connectivity index (χ4n) is 3.39. The number of hydrogen-bond acceptors (Lipinski definition) is 4. The van der Waals surface area contributed by atoms with Gasteiger partial charge >= 0.3 is 0 Å². The fraction of sp³-hybridized carbons (Fsp3) is 0.550. The first-order valence-corrected chi connectivity index (χ1v) is 10.6. The molecule has 1 aromatic carbocycles. The molecule has 1 unspecified atom stereocenters. The van der Waals surface area contributed by atoms with Crippen molar-refractivity contribution < 1.29 is 8.42 Å². The summed E-state index contributed by atoms with van der Waals surface area (Å²) in [5, 5.41) is 0. The van der Waals surface area contributed by atoms with Crippen molar-refractivity contribution in [3.05, 3.63) is 48.5 Å². The van der Waals surface area contributed by atoms with Gasteiger partial charge in [-0.25, -0.2) is 13.4 Å². The average molecular weight is 378 g/mol. The van der Waals surface area contributed by atoms with E-state index in [9.17, 15) is 8.42 Å². The molecular formula is C20H31N3O2S. The van der Waals surface area contributed by atoms with Crippen molar-refractivity contribution in [3.63, 3.8) is 0 Å². The maximum atomic E-state index is 13.0. The Labute approximate surface area is 157 Å². The molecule has 0 aliphatic heterocycles. The summed E-state index contributed by atoms with van der Waals surface area (Å²) in [4.78, 5) is 4.47. The van der Waals surface area contributed by atoms with Crippen molar-refractivity contribution in [3.8, 4) is 0 Å². The Balaban J connectivity index is 2.28. The summed E-state index contributed by atoms with van der Waals surface area (Å²) in [6.45, 7) is 10.8. The zero-order valence-corrected chi connectivity index (χ0v) is 17.3. The van der Waals surface area contributed by atoms with E-state index in [2.05, 4.69) is 25.8 Å². The summed E-state index contributed by atoms with van der Waals surface area (Å²) in [7, 11) is -3.41. The van der Waals surface area contributed by atoms with Crippen LogP contribution >= 0.6 is 0 Å². The van der Waals surface area contributed by atoms with Gasteiger partial charge in [0.05, 0.1) is 17.0 Å². The van der Waals surface area contributed by atoms with Gasteiger partial charge in [0.15, 0.2) is 9.84 Å². The van der Waals surface area contributed by atoms with Crippen LogP contribution in [0.25, 0.3) is 0 Å². The van der Waals surface area contributed by atoms with E-state index in [1.807, 2.05) is 36.7 Å². The minimum absolute atomic E-state index is 0.00476. The van der Waals surface area contributed by atoms with E-state index < -0.39 is 15.3 Å². The first kappa shape index (κ1) is 20.6. The zero-order valence-electron chi connectivity index (χ0n) is 16.4. The average Bonchev–Trinajstić information content (AvgIpc) is 3.04. The van der Waals surface area contributed by atoms with Crippen LogP contribution in [0, 0.1) is 5.41 Å². The second-order valence-electron chi connectivity index (χ2n) is 8.63. The summed E-state index contributed by atoms with van der Waals surface area (Å²) < 4.78 is 28.0. The lowest BCUT2D eigenvalue weighted by Crippen LogP contribution is -2.35. The lowest BCUT2D eigenvalue weighted by Gasteiger charge is -2.35. The minimum atomic E-state index is -3.41. The van der Waals surface area contributed by atoms with Crippen LogP contribution in [0.4, 0.5) is 0 Å². The third-order valence-electron chi connectivity index (χ3n) is 4.87. The fourth-order valence-corrected chi connectivity index (χ4v) is 5.28. The van der Waals surface area contributed by atoms with E-state index in [1.165, 1.54) is 0 Å². The molecule has 0 saturated carbocycles. The Morgan fingerprint density at radius 1 is 1.12 bits per heavy atom. The molecule has 26 heavy (non-hydrogen) atoms. The molecule has 1 atom stereocenters. The Morgan fingerprint density at radius 2 is 1.73 bits per heavy atom. The number of aromatic nitrogens is 2. The van der Waals surface area contributed by atoms with Crippen LogP contribution in [0.15, 0.2) is 47.9 Å². The number of nitrogens with two attached hydrogens (primary N) is 1. The largest absolute Gasteiger partial charge is 0.334 e. The molecule has 144 valence electrons. The number of hydrogen-bond donors (Lipinski definition) is 1. The van der Waals surface area contributed by atoms with Crippen LogP contribution in [-0.4, -0.2) is 30.3 Å². The summed E-state index contributed by atoms with van der Waals surface area (Å²) in [5.74, 6) is 0.0533. The van der Waals surface area contributed by atoms with E-state index >= 15 is 0 Å². The normalized spacial score (nSPS) is 14.4. The Morgan fingerprint density at radius 3 is 2.19 bits per heavy atom. The van der Waals surface area contributed by atoms with Crippen LogP contribution in [-0.2, 0) is 15.3 Å². The van der Waals surface area contributed by atoms with Crippen LogP contribution in [0.2, 0.25) is 0 Å². The highest BCUT2D eigenvalue weighted by Gasteiger charge is 2.35. The molecule has 0 spiro atoms. The molecule has 1 aromatic heterocycles. The van der Waals surface area contributed by atoms with Crippen LogP contribution in [0.5, 0.6) is 0 Å². The monoisotopic (exact) mass is 377 g/mol. The van der Waals surface area contributed by atoms with E-state index in [-0.39, 0.29) is 17.2 Å².